The molecule has 0 bridgehead atoms. The van der Waals surface area contributed by atoms with E-state index in [1.165, 1.54) is 30.4 Å². The van der Waals surface area contributed by atoms with Crippen molar-refractivity contribution in [3.63, 3.8) is 0 Å². The molecule has 0 radical (unpaired) electrons. The topological polar surface area (TPSA) is 80.9 Å². The standard InChI is InChI=1S/C10H22O4S2/c1-4-15-10(16-5-2)9(14)8(13)7(12)6(3)11/h6-14H,4-5H2,1-3H3/t6-,7-,8-,9+/m1/s1. The summed E-state index contributed by atoms with van der Waals surface area (Å²) in [4.78, 5) is 0. The van der Waals surface area contributed by atoms with E-state index in [9.17, 15) is 15.3 Å². The van der Waals surface area contributed by atoms with Gasteiger partial charge in [-0.2, -0.15) is 0 Å². The van der Waals surface area contributed by atoms with Gasteiger partial charge in [-0.3, -0.25) is 0 Å². The number of aliphatic hydroxyl groups is 4. The van der Waals surface area contributed by atoms with E-state index in [4.69, 9.17) is 5.11 Å². The van der Waals surface area contributed by atoms with E-state index in [1.807, 2.05) is 13.8 Å². The van der Waals surface area contributed by atoms with Crippen molar-refractivity contribution in [2.45, 2.75) is 49.8 Å². The van der Waals surface area contributed by atoms with Crippen molar-refractivity contribution < 1.29 is 20.4 Å². The maximum Gasteiger partial charge on any atom is 0.110 e. The molecular weight excluding hydrogens is 248 g/mol. The van der Waals surface area contributed by atoms with Crippen molar-refractivity contribution in [2.75, 3.05) is 11.5 Å². The summed E-state index contributed by atoms with van der Waals surface area (Å²) in [5, 5.41) is 38.2. The second-order valence-electron chi connectivity index (χ2n) is 3.49. The van der Waals surface area contributed by atoms with Crippen molar-refractivity contribution in [3.05, 3.63) is 0 Å². The molecule has 0 aliphatic heterocycles. The fourth-order valence-corrected chi connectivity index (χ4v) is 3.80. The third-order valence-corrected chi connectivity index (χ3v) is 4.83. The van der Waals surface area contributed by atoms with Crippen LogP contribution in [0.25, 0.3) is 0 Å². The van der Waals surface area contributed by atoms with Gasteiger partial charge in [0.25, 0.3) is 0 Å². The van der Waals surface area contributed by atoms with Gasteiger partial charge in [0.1, 0.15) is 18.3 Å². The molecule has 0 heterocycles. The first-order valence-electron chi connectivity index (χ1n) is 5.41. The molecule has 0 unspecified atom stereocenters. The van der Waals surface area contributed by atoms with E-state index in [0.29, 0.717) is 0 Å². The lowest BCUT2D eigenvalue weighted by atomic mass is 10.1. The van der Waals surface area contributed by atoms with Crippen molar-refractivity contribution in [1.82, 2.24) is 0 Å². The molecule has 0 aromatic rings. The molecule has 4 N–H and O–H groups in total. The minimum Gasteiger partial charge on any atom is -0.391 e. The Morgan fingerprint density at radius 3 is 1.56 bits per heavy atom. The molecule has 0 aliphatic rings. The Bertz CT molecular complexity index is 172. The third kappa shape index (κ3) is 5.25. The van der Waals surface area contributed by atoms with Crippen LogP contribution in [0, 0.1) is 0 Å². The molecule has 0 aromatic heterocycles. The number of hydrogen-bond donors (Lipinski definition) is 4. The highest BCUT2D eigenvalue weighted by molar-refractivity contribution is 8.17. The van der Waals surface area contributed by atoms with Gasteiger partial charge in [0, 0.05) is 0 Å². The quantitative estimate of drug-likeness (QED) is 0.475. The van der Waals surface area contributed by atoms with E-state index in [0.717, 1.165) is 11.5 Å². The summed E-state index contributed by atoms with van der Waals surface area (Å²) in [6.45, 7) is 5.33. The van der Waals surface area contributed by atoms with Gasteiger partial charge >= 0.3 is 0 Å². The van der Waals surface area contributed by atoms with Gasteiger partial charge in [0.2, 0.25) is 0 Å². The van der Waals surface area contributed by atoms with Crippen LogP contribution in [0.15, 0.2) is 0 Å². The maximum absolute atomic E-state index is 9.90. The molecule has 4 atom stereocenters. The Balaban J connectivity index is 4.40. The predicted molar refractivity (Wildman–Crippen MR) is 69.8 cm³/mol. The highest BCUT2D eigenvalue weighted by Gasteiger charge is 2.33. The number of thioether (sulfide) groups is 2. The van der Waals surface area contributed by atoms with Crippen molar-refractivity contribution >= 4 is 23.5 Å². The molecule has 0 fully saturated rings. The second kappa shape index (κ2) is 8.60. The summed E-state index contributed by atoms with van der Waals surface area (Å²) in [5.74, 6) is 1.65. The van der Waals surface area contributed by atoms with E-state index in [-0.39, 0.29) is 4.58 Å². The lowest BCUT2D eigenvalue weighted by molar-refractivity contribution is -0.0952. The monoisotopic (exact) mass is 270 g/mol. The summed E-state index contributed by atoms with van der Waals surface area (Å²) in [7, 11) is 0. The lowest BCUT2D eigenvalue weighted by Gasteiger charge is -2.29. The first-order valence-corrected chi connectivity index (χ1v) is 7.50. The number of rotatable bonds is 8. The smallest absolute Gasteiger partial charge is 0.110 e. The largest absolute Gasteiger partial charge is 0.391 e. The van der Waals surface area contributed by atoms with Gasteiger partial charge in [0.15, 0.2) is 0 Å². The SMILES string of the molecule is CCSC(SCC)[C@@H](O)[C@H](O)[C@H](O)[C@@H](C)O. The zero-order chi connectivity index (χ0) is 12.7. The summed E-state index contributed by atoms with van der Waals surface area (Å²) in [6, 6.07) is 0. The predicted octanol–water partition coefficient (Wildman–Crippen LogP) is 0.282. The van der Waals surface area contributed by atoms with Crippen molar-refractivity contribution in [1.29, 1.82) is 0 Å². The minimum atomic E-state index is -1.32. The molecule has 0 saturated carbocycles. The van der Waals surface area contributed by atoms with Gasteiger partial charge in [-0.05, 0) is 18.4 Å². The van der Waals surface area contributed by atoms with Crippen LogP contribution in [0.4, 0.5) is 0 Å². The Morgan fingerprint density at radius 1 is 0.812 bits per heavy atom. The van der Waals surface area contributed by atoms with Gasteiger partial charge < -0.3 is 20.4 Å². The lowest BCUT2D eigenvalue weighted by Crippen LogP contribution is -2.46. The molecular formula is C10H22O4S2. The molecule has 0 saturated heterocycles. The third-order valence-electron chi connectivity index (χ3n) is 2.13. The Hall–Kier alpha value is 0.540. The highest BCUT2D eigenvalue weighted by atomic mass is 32.2. The van der Waals surface area contributed by atoms with E-state index < -0.39 is 24.4 Å². The zero-order valence-corrected chi connectivity index (χ0v) is 11.5. The molecule has 0 rings (SSSR count). The van der Waals surface area contributed by atoms with Crippen LogP contribution in [-0.4, -0.2) is 60.9 Å². The zero-order valence-electron chi connectivity index (χ0n) is 9.91. The minimum absolute atomic E-state index is 0.182. The summed E-state index contributed by atoms with van der Waals surface area (Å²) in [5.41, 5.74) is 0. The fourth-order valence-electron chi connectivity index (χ4n) is 1.22. The van der Waals surface area contributed by atoms with Crippen LogP contribution >= 0.6 is 23.5 Å². The molecule has 98 valence electrons. The van der Waals surface area contributed by atoms with Gasteiger partial charge in [-0.25, -0.2) is 0 Å². The van der Waals surface area contributed by atoms with E-state index in [1.54, 1.807) is 0 Å². The second-order valence-corrected chi connectivity index (χ2v) is 6.63. The molecule has 4 nitrogen and oxygen atoms in total. The Kier molecular flexibility index (Phi) is 8.90. The van der Waals surface area contributed by atoms with Crippen LogP contribution < -0.4 is 0 Å². The Labute approximate surface area is 105 Å². The summed E-state index contributed by atoms with van der Waals surface area (Å²) < 4.78 is -0.182. The fraction of sp³-hybridized carbons (Fsp3) is 1.00. The average molecular weight is 270 g/mol. The van der Waals surface area contributed by atoms with E-state index >= 15 is 0 Å². The highest BCUT2D eigenvalue weighted by Crippen LogP contribution is 2.29. The summed E-state index contributed by atoms with van der Waals surface area (Å²) in [6.07, 6.45) is -4.72. The van der Waals surface area contributed by atoms with Crippen LogP contribution in [0.3, 0.4) is 0 Å². The molecule has 6 heteroatoms. The molecule has 0 aliphatic carbocycles. The number of aliphatic hydroxyl groups excluding tert-OH is 4. The maximum atomic E-state index is 9.90. The van der Waals surface area contributed by atoms with E-state index in [2.05, 4.69) is 0 Å². The number of hydrogen-bond acceptors (Lipinski definition) is 6. The van der Waals surface area contributed by atoms with Crippen LogP contribution in [-0.2, 0) is 0 Å². The van der Waals surface area contributed by atoms with Gasteiger partial charge in [0.05, 0.1) is 10.7 Å². The normalized spacial score (nSPS) is 19.5. The molecule has 0 spiro atoms. The molecule has 0 amide bonds. The average Bonchev–Trinajstić information content (AvgIpc) is 2.25. The van der Waals surface area contributed by atoms with Gasteiger partial charge in [-0.15, -0.1) is 23.5 Å². The molecule has 16 heavy (non-hydrogen) atoms. The van der Waals surface area contributed by atoms with Crippen LogP contribution in [0.5, 0.6) is 0 Å². The first-order chi connectivity index (χ1) is 7.45. The van der Waals surface area contributed by atoms with Crippen molar-refractivity contribution in [2.24, 2.45) is 0 Å². The van der Waals surface area contributed by atoms with Crippen LogP contribution in [0.1, 0.15) is 20.8 Å². The van der Waals surface area contributed by atoms with Gasteiger partial charge in [-0.1, -0.05) is 13.8 Å². The molecule has 0 aromatic carbocycles. The van der Waals surface area contributed by atoms with Crippen LogP contribution in [0.2, 0.25) is 0 Å². The Morgan fingerprint density at radius 2 is 1.25 bits per heavy atom. The first kappa shape index (κ1) is 16.5. The summed E-state index contributed by atoms with van der Waals surface area (Å²) >= 11 is 3.05. The van der Waals surface area contributed by atoms with Crippen molar-refractivity contribution in [3.8, 4) is 0 Å².